The Balaban J connectivity index is 1.97. The molecule has 162 valence electrons. The van der Waals surface area contributed by atoms with Crippen molar-refractivity contribution < 1.29 is 27.8 Å². The standard InChI is InChI=1S/C23H22F2N2O4/c1-13-18(22(28)30-3)20(16-8-6-9-17(24)21(16)25)19(14(2)27-13)23(29)31-12-10-15-7-4-5-11-26-15/h4-9,11,18,20H,10,12H2,1-3H3. The molecule has 3 rings (SSSR count). The Morgan fingerprint density at radius 3 is 2.55 bits per heavy atom. The molecule has 0 saturated carbocycles. The van der Waals surface area contributed by atoms with Crippen LogP contribution in [0.25, 0.3) is 0 Å². The molecule has 1 aliphatic heterocycles. The van der Waals surface area contributed by atoms with E-state index in [-0.39, 0.29) is 23.4 Å². The van der Waals surface area contributed by atoms with Gasteiger partial charge in [0, 0.05) is 35.6 Å². The lowest BCUT2D eigenvalue weighted by atomic mass is 9.75. The maximum atomic E-state index is 14.7. The van der Waals surface area contributed by atoms with Gasteiger partial charge in [-0.25, -0.2) is 13.6 Å². The summed E-state index contributed by atoms with van der Waals surface area (Å²) in [7, 11) is 1.19. The summed E-state index contributed by atoms with van der Waals surface area (Å²) in [4.78, 5) is 34.0. The van der Waals surface area contributed by atoms with Crippen LogP contribution in [0.2, 0.25) is 0 Å². The molecule has 0 N–H and O–H groups in total. The smallest absolute Gasteiger partial charge is 0.336 e. The number of methoxy groups -OCH3 is 1. The molecule has 0 saturated heterocycles. The largest absolute Gasteiger partial charge is 0.468 e. The zero-order chi connectivity index (χ0) is 22.5. The number of nitrogens with zero attached hydrogens (tertiary/aromatic N) is 2. The maximum Gasteiger partial charge on any atom is 0.336 e. The minimum absolute atomic E-state index is 0.00785. The Kier molecular flexibility index (Phi) is 6.89. The molecule has 2 aromatic rings. The number of carbonyl (C=O) groups excluding carboxylic acids is 2. The number of rotatable bonds is 6. The summed E-state index contributed by atoms with van der Waals surface area (Å²) < 4.78 is 39.0. The molecule has 6 nitrogen and oxygen atoms in total. The van der Waals surface area contributed by atoms with Crippen molar-refractivity contribution in [2.45, 2.75) is 26.2 Å². The van der Waals surface area contributed by atoms with E-state index in [1.54, 1.807) is 32.2 Å². The number of benzene rings is 1. The van der Waals surface area contributed by atoms with Gasteiger partial charge in [0.25, 0.3) is 0 Å². The topological polar surface area (TPSA) is 77.8 Å². The predicted octanol–water partition coefficient (Wildman–Crippen LogP) is 3.77. The molecule has 0 spiro atoms. The number of hydrogen-bond donors (Lipinski definition) is 0. The Morgan fingerprint density at radius 1 is 1.10 bits per heavy atom. The van der Waals surface area contributed by atoms with Crippen molar-refractivity contribution in [3.8, 4) is 0 Å². The van der Waals surface area contributed by atoms with E-state index in [1.165, 1.54) is 19.2 Å². The molecule has 0 aliphatic carbocycles. The van der Waals surface area contributed by atoms with Crippen LogP contribution in [-0.4, -0.2) is 36.4 Å². The van der Waals surface area contributed by atoms with Crippen LogP contribution in [0.3, 0.4) is 0 Å². The second kappa shape index (κ2) is 9.59. The fraction of sp³-hybridized carbons (Fsp3) is 0.304. The van der Waals surface area contributed by atoms with Crippen molar-refractivity contribution in [3.05, 3.63) is 76.8 Å². The van der Waals surface area contributed by atoms with E-state index in [9.17, 15) is 18.4 Å². The average molecular weight is 428 g/mol. The highest BCUT2D eigenvalue weighted by Gasteiger charge is 2.43. The lowest BCUT2D eigenvalue weighted by molar-refractivity contribution is -0.144. The number of carbonyl (C=O) groups is 2. The van der Waals surface area contributed by atoms with E-state index in [0.717, 1.165) is 11.8 Å². The second-order valence-corrected chi connectivity index (χ2v) is 7.08. The summed E-state index contributed by atoms with van der Waals surface area (Å²) in [5.74, 6) is -5.91. The van der Waals surface area contributed by atoms with Crippen molar-refractivity contribution in [1.29, 1.82) is 0 Å². The van der Waals surface area contributed by atoms with E-state index >= 15 is 0 Å². The van der Waals surface area contributed by atoms with Gasteiger partial charge in [-0.15, -0.1) is 0 Å². The van der Waals surface area contributed by atoms with E-state index in [2.05, 4.69) is 9.98 Å². The Labute approximate surface area is 178 Å². The first-order valence-corrected chi connectivity index (χ1v) is 9.69. The van der Waals surface area contributed by atoms with Gasteiger partial charge in [0.1, 0.15) is 5.92 Å². The molecular weight excluding hydrogens is 406 g/mol. The molecule has 0 fully saturated rings. The highest BCUT2D eigenvalue weighted by Crippen LogP contribution is 2.41. The van der Waals surface area contributed by atoms with Crippen molar-refractivity contribution in [3.63, 3.8) is 0 Å². The number of esters is 2. The van der Waals surface area contributed by atoms with Gasteiger partial charge >= 0.3 is 11.9 Å². The summed E-state index contributed by atoms with van der Waals surface area (Å²) >= 11 is 0. The Hall–Kier alpha value is -3.42. The van der Waals surface area contributed by atoms with Gasteiger partial charge in [0.2, 0.25) is 0 Å². The van der Waals surface area contributed by atoms with Crippen molar-refractivity contribution in [2.75, 3.05) is 13.7 Å². The average Bonchev–Trinajstić information content (AvgIpc) is 2.75. The van der Waals surface area contributed by atoms with Gasteiger partial charge in [0.05, 0.1) is 19.3 Å². The van der Waals surface area contributed by atoms with Crippen LogP contribution in [0.1, 0.15) is 31.0 Å². The third kappa shape index (κ3) is 4.68. The molecule has 0 radical (unpaired) electrons. The fourth-order valence-corrected chi connectivity index (χ4v) is 3.70. The highest BCUT2D eigenvalue weighted by molar-refractivity contribution is 6.07. The molecule has 0 bridgehead atoms. The molecule has 2 unspecified atom stereocenters. The number of ether oxygens (including phenoxy) is 2. The van der Waals surface area contributed by atoms with Gasteiger partial charge in [-0.3, -0.25) is 14.8 Å². The molecule has 31 heavy (non-hydrogen) atoms. The molecule has 1 aromatic heterocycles. The third-order valence-electron chi connectivity index (χ3n) is 5.14. The summed E-state index contributed by atoms with van der Waals surface area (Å²) in [6, 6.07) is 9.02. The first kappa shape index (κ1) is 22.3. The van der Waals surface area contributed by atoms with Gasteiger partial charge in [-0.05, 0) is 37.6 Å². The maximum absolute atomic E-state index is 14.7. The third-order valence-corrected chi connectivity index (χ3v) is 5.14. The van der Waals surface area contributed by atoms with Crippen LogP contribution >= 0.6 is 0 Å². The first-order valence-electron chi connectivity index (χ1n) is 9.69. The minimum atomic E-state index is -1.14. The van der Waals surface area contributed by atoms with E-state index in [4.69, 9.17) is 9.47 Å². The quantitative estimate of drug-likeness (QED) is 0.655. The first-order chi connectivity index (χ1) is 14.8. The monoisotopic (exact) mass is 428 g/mol. The van der Waals surface area contributed by atoms with E-state index < -0.39 is 35.4 Å². The molecule has 2 atom stereocenters. The SMILES string of the molecule is COC(=O)C1C(C)=NC(C)=C(C(=O)OCCc2ccccn2)C1c1cccc(F)c1F. The number of aromatic nitrogens is 1. The molecule has 8 heteroatoms. The van der Waals surface area contributed by atoms with Crippen molar-refractivity contribution in [2.24, 2.45) is 10.9 Å². The summed E-state index contributed by atoms with van der Waals surface area (Å²) in [5, 5.41) is 0. The fourth-order valence-electron chi connectivity index (χ4n) is 3.70. The van der Waals surface area contributed by atoms with Crippen LogP contribution in [0.15, 0.2) is 58.9 Å². The van der Waals surface area contributed by atoms with Gasteiger partial charge in [0.15, 0.2) is 11.6 Å². The molecular formula is C23H22F2N2O4. The summed E-state index contributed by atoms with van der Waals surface area (Å²) in [6.45, 7) is 3.17. The number of halogens is 2. The van der Waals surface area contributed by atoms with Crippen LogP contribution in [0.4, 0.5) is 8.78 Å². The lowest BCUT2D eigenvalue weighted by Gasteiger charge is -2.31. The van der Waals surface area contributed by atoms with Crippen LogP contribution < -0.4 is 0 Å². The normalized spacial score (nSPS) is 18.4. The highest BCUT2D eigenvalue weighted by atomic mass is 19.2. The number of aliphatic imine (C=N–C) groups is 1. The van der Waals surface area contributed by atoms with Crippen LogP contribution in [0, 0.1) is 17.6 Å². The van der Waals surface area contributed by atoms with Crippen molar-refractivity contribution in [1.82, 2.24) is 4.98 Å². The number of pyridine rings is 1. The van der Waals surface area contributed by atoms with Gasteiger partial charge in [-0.1, -0.05) is 18.2 Å². The summed E-state index contributed by atoms with van der Waals surface area (Å²) in [6.07, 6.45) is 2.01. The molecule has 2 heterocycles. The zero-order valence-electron chi connectivity index (χ0n) is 17.4. The number of hydrogen-bond acceptors (Lipinski definition) is 6. The second-order valence-electron chi connectivity index (χ2n) is 7.08. The van der Waals surface area contributed by atoms with Crippen LogP contribution in [-0.2, 0) is 25.5 Å². The van der Waals surface area contributed by atoms with Gasteiger partial charge in [-0.2, -0.15) is 0 Å². The minimum Gasteiger partial charge on any atom is -0.468 e. The van der Waals surface area contributed by atoms with Crippen LogP contribution in [0.5, 0.6) is 0 Å². The molecule has 0 amide bonds. The van der Waals surface area contributed by atoms with E-state index in [0.29, 0.717) is 12.1 Å². The zero-order valence-corrected chi connectivity index (χ0v) is 17.4. The predicted molar refractivity (Wildman–Crippen MR) is 109 cm³/mol. The lowest BCUT2D eigenvalue weighted by Crippen LogP contribution is -2.36. The Morgan fingerprint density at radius 2 is 1.87 bits per heavy atom. The molecule has 1 aromatic carbocycles. The van der Waals surface area contributed by atoms with Crippen molar-refractivity contribution >= 4 is 17.7 Å². The number of allylic oxidation sites excluding steroid dienone is 1. The van der Waals surface area contributed by atoms with E-state index in [1.807, 2.05) is 6.07 Å². The van der Waals surface area contributed by atoms with Gasteiger partial charge < -0.3 is 9.47 Å². The molecule has 1 aliphatic rings. The summed E-state index contributed by atoms with van der Waals surface area (Å²) in [5.41, 5.74) is 1.20. The Bertz CT molecular complexity index is 1050.